The average Bonchev–Trinajstić information content (AvgIpc) is 1.69. The molecule has 0 saturated heterocycles. The molecular formula is C96H151N3O13S3. The van der Waals surface area contributed by atoms with Crippen molar-refractivity contribution in [3.8, 4) is 0 Å². The number of sulfonamides is 3. The third-order valence-electron chi connectivity index (χ3n) is 36.9. The monoisotopic (exact) mass is 1650 g/mol. The number of carbonyl (C=O) groups excluding carboxylic acids is 1. The van der Waals surface area contributed by atoms with E-state index in [9.17, 15) is 60.7 Å². The lowest BCUT2D eigenvalue weighted by atomic mass is 9.41. The number of carbonyl (C=O) groups is 1. The summed E-state index contributed by atoms with van der Waals surface area (Å²) in [4.78, 5) is 13.4. The van der Waals surface area contributed by atoms with E-state index < -0.39 is 36.0 Å². The number of aliphatic hydroxyl groups excluding tert-OH is 6. The van der Waals surface area contributed by atoms with Crippen molar-refractivity contribution in [1.82, 2.24) is 14.2 Å². The molecule has 0 radical (unpaired) electrons. The highest BCUT2D eigenvalue weighted by Gasteiger charge is 2.69. The lowest BCUT2D eigenvalue weighted by Gasteiger charge is -2.64. The third kappa shape index (κ3) is 16.9. The van der Waals surface area contributed by atoms with E-state index in [4.69, 9.17) is 0 Å². The Morgan fingerprint density at radius 2 is 0.635 bits per heavy atom. The van der Waals surface area contributed by atoms with Gasteiger partial charge in [-0.1, -0.05) is 157 Å². The van der Waals surface area contributed by atoms with Gasteiger partial charge in [0, 0.05) is 19.5 Å². The molecule has 19 heteroatoms. The molecule has 646 valence electrons. The summed E-state index contributed by atoms with van der Waals surface area (Å²) in [7, 11) is -10.7. The Morgan fingerprint density at radius 3 is 0.930 bits per heavy atom. The molecule has 12 aliphatic carbocycles. The highest BCUT2D eigenvalue weighted by Crippen LogP contribution is 2.74. The molecule has 0 aromatic heterocycles. The van der Waals surface area contributed by atoms with E-state index in [0.29, 0.717) is 148 Å². The molecule has 9 N–H and O–H groups in total. The number of fused-ring (bicyclic) bond motifs is 15. The van der Waals surface area contributed by atoms with Gasteiger partial charge >= 0.3 is 0 Å². The van der Waals surface area contributed by atoms with E-state index in [2.05, 4.69) is 97.3 Å². The van der Waals surface area contributed by atoms with Crippen LogP contribution in [0.15, 0.2) is 106 Å². The first-order valence-corrected chi connectivity index (χ1v) is 50.7. The molecule has 12 fully saturated rings. The van der Waals surface area contributed by atoms with E-state index in [-0.39, 0.29) is 86.3 Å². The fourth-order valence-electron chi connectivity index (χ4n) is 31.2. The first-order valence-electron chi connectivity index (χ1n) is 46.3. The first-order chi connectivity index (χ1) is 54.5. The normalized spacial score (nSPS) is 43.3. The van der Waals surface area contributed by atoms with Crippen molar-refractivity contribution < 1.29 is 60.7 Å². The van der Waals surface area contributed by atoms with Crippen LogP contribution in [0.1, 0.15) is 276 Å². The van der Waals surface area contributed by atoms with Crippen molar-refractivity contribution in [1.29, 1.82) is 0 Å². The molecule has 3 aromatic carbocycles. The van der Waals surface area contributed by atoms with Gasteiger partial charge < -0.3 is 30.6 Å². The average molecular weight is 1650 g/mol. The summed E-state index contributed by atoms with van der Waals surface area (Å²) in [5.41, 5.74) is 1.30. The molecule has 0 heterocycles. The van der Waals surface area contributed by atoms with Crippen molar-refractivity contribution in [2.75, 3.05) is 13.1 Å². The van der Waals surface area contributed by atoms with Crippen LogP contribution in [0.25, 0.3) is 0 Å². The van der Waals surface area contributed by atoms with E-state index in [1.807, 2.05) is 12.1 Å². The molecule has 0 unspecified atom stereocenters. The molecule has 15 rings (SSSR count). The molecule has 0 aliphatic heterocycles. The summed E-state index contributed by atoms with van der Waals surface area (Å²) >= 11 is 0. The SMILES string of the molecule is CC[C@H]1[C@@H](O)[C@@H]2[C@H](CC[C@]3(C)[C@@H]([C@H](C)CCC(=O)NS(=O)(=O)c4ccccc4)CC[C@@H]23)[C@@]2(C)CC[C@@H](O)C[C@@H]12.CC[C@H]1[C@@H](O)[C@@H]2[C@H](CC[C@]3(C)[C@@H]([C@H](C)CCCNS(=O)(=O)c4ccccc4)CC[C@@H]23)[C@@]2(C)CC[C@@H](O)C[C@@H]12.CC[C@H]1[C@@H](O)[C@@H]2[C@H](CC[C@]3(C)[C@@H]([C@H](C)CCCNS(=O)(=O)c4ccccc4)CC[C@@H]23)[C@@]2(C)CC[C@@H](O)C[C@@H]12. The zero-order valence-corrected chi connectivity index (χ0v) is 74.6. The van der Waals surface area contributed by atoms with Crippen LogP contribution in [0.3, 0.4) is 0 Å². The van der Waals surface area contributed by atoms with Gasteiger partial charge in [-0.15, -0.1) is 0 Å². The van der Waals surface area contributed by atoms with Gasteiger partial charge in [0.2, 0.25) is 26.0 Å². The highest BCUT2D eigenvalue weighted by atomic mass is 32.2. The summed E-state index contributed by atoms with van der Waals surface area (Å²) < 4.78 is 83.3. The van der Waals surface area contributed by atoms with Crippen LogP contribution in [-0.4, -0.2) is 112 Å². The zero-order chi connectivity index (χ0) is 82.8. The van der Waals surface area contributed by atoms with Gasteiger partial charge in [0.25, 0.3) is 10.0 Å². The van der Waals surface area contributed by atoms with Crippen LogP contribution in [0.4, 0.5) is 0 Å². The molecule has 115 heavy (non-hydrogen) atoms. The summed E-state index contributed by atoms with van der Waals surface area (Å²) in [6, 6.07) is 25.3. The Morgan fingerprint density at radius 1 is 0.365 bits per heavy atom. The van der Waals surface area contributed by atoms with Crippen LogP contribution >= 0.6 is 0 Å². The second kappa shape index (κ2) is 35.5. The smallest absolute Gasteiger partial charge is 0.264 e. The number of hydrogen-bond donors (Lipinski definition) is 9. The van der Waals surface area contributed by atoms with Crippen LogP contribution < -0.4 is 14.2 Å². The molecule has 12 saturated carbocycles. The molecule has 12 aliphatic rings. The number of rotatable bonds is 23. The fourth-order valence-corrected chi connectivity index (χ4v) is 34.5. The molecule has 3 aromatic rings. The van der Waals surface area contributed by atoms with Crippen molar-refractivity contribution in [3.05, 3.63) is 91.0 Å². The number of benzene rings is 3. The van der Waals surface area contributed by atoms with E-state index in [0.717, 1.165) is 128 Å². The van der Waals surface area contributed by atoms with Gasteiger partial charge in [-0.05, 0) is 360 Å². The van der Waals surface area contributed by atoms with E-state index >= 15 is 0 Å². The van der Waals surface area contributed by atoms with Crippen molar-refractivity contribution in [3.63, 3.8) is 0 Å². The molecule has 16 nitrogen and oxygen atoms in total. The van der Waals surface area contributed by atoms with Gasteiger partial charge in [-0.2, -0.15) is 0 Å². The van der Waals surface area contributed by atoms with Gasteiger partial charge in [-0.25, -0.2) is 39.4 Å². The molecule has 0 bridgehead atoms. The van der Waals surface area contributed by atoms with Gasteiger partial charge in [0.1, 0.15) is 0 Å². The number of amides is 1. The van der Waals surface area contributed by atoms with Gasteiger partial charge in [0.15, 0.2) is 0 Å². The van der Waals surface area contributed by atoms with Crippen molar-refractivity contribution in [2.45, 2.75) is 327 Å². The predicted molar refractivity (Wildman–Crippen MR) is 456 cm³/mol. The van der Waals surface area contributed by atoms with E-state index in [1.54, 1.807) is 66.7 Å². The first kappa shape index (κ1) is 89.4. The Kier molecular flexibility index (Phi) is 27.6. The minimum atomic E-state index is -3.85. The maximum Gasteiger partial charge on any atom is 0.264 e. The largest absolute Gasteiger partial charge is 0.393 e. The second-order valence-corrected chi connectivity index (χ2v) is 47.1. The number of hydrogen-bond acceptors (Lipinski definition) is 13. The molecular weight excluding hydrogens is 1500 g/mol. The Bertz CT molecular complexity index is 3920. The van der Waals surface area contributed by atoms with Crippen LogP contribution in [0.5, 0.6) is 0 Å². The lowest BCUT2D eigenvalue weighted by molar-refractivity contribution is -0.203. The fraction of sp³-hybridized carbons (Fsp3) is 0.802. The van der Waals surface area contributed by atoms with Gasteiger partial charge in [0.05, 0.1) is 51.3 Å². The van der Waals surface area contributed by atoms with Gasteiger partial charge in [-0.3, -0.25) is 4.79 Å². The Labute approximate surface area is 694 Å². The minimum absolute atomic E-state index is 0.106. The summed E-state index contributed by atoms with van der Waals surface area (Å²) in [6.45, 7) is 29.6. The molecule has 0 spiro atoms. The Hall–Kier alpha value is -3.34. The van der Waals surface area contributed by atoms with Crippen molar-refractivity contribution >= 4 is 36.0 Å². The second-order valence-electron chi connectivity index (χ2n) is 41.9. The number of nitrogens with one attached hydrogen (secondary N) is 3. The summed E-state index contributed by atoms with van der Waals surface area (Å²) in [5, 5.41) is 67.2. The molecule has 1 amide bonds. The molecule has 33 atom stereocenters. The van der Waals surface area contributed by atoms with Crippen LogP contribution in [-0.2, 0) is 34.9 Å². The zero-order valence-electron chi connectivity index (χ0n) is 72.1. The quantitative estimate of drug-likeness (QED) is 0.0400. The van der Waals surface area contributed by atoms with E-state index in [1.165, 1.54) is 63.5 Å². The maximum atomic E-state index is 12.7. The van der Waals surface area contributed by atoms with Crippen LogP contribution in [0.2, 0.25) is 0 Å². The number of aliphatic hydroxyl groups is 6. The topological polar surface area (TPSA) is 277 Å². The predicted octanol–water partition coefficient (Wildman–Crippen LogP) is 17.6. The third-order valence-corrected chi connectivity index (χ3v) is 41.3. The van der Waals surface area contributed by atoms with Crippen molar-refractivity contribution in [2.24, 2.45) is 157 Å². The standard InChI is InChI=1S/C32H49NO5S.2C32H51NO4S/c1-5-23-27-19-21(34)15-17-32(27,4)26-16-18-31(3)24(12-13-25(31)29(26)30(23)36)20(2)11-14-28(35)33-39(37,38)22-9-7-6-8-10-22;2*1-5-24-28-20-22(34)15-17-32(28,4)27-16-18-31(3)25(13-14-26(31)29(27)30(24)35)21(2)10-9-19-33-38(36,37)23-11-7-6-8-12-23/h6-10,20-21,23-27,29-30,34,36H,5,11-19H2,1-4H3,(H,33,35);2*6-8,11-12,21-22,24-30,33-35H,5,9-10,13-20H2,1-4H3/t20-,21-,23-,24-,25+,26+,27+,29+,30-,31-,32-;2*21-,22-,24-,25-,26+,27+,28+,29+,30-,31-,32-/m111/s1. The summed E-state index contributed by atoms with van der Waals surface area (Å²) in [5.74, 6) is 9.11. The lowest BCUT2D eigenvalue weighted by Crippen LogP contribution is -2.62. The minimum Gasteiger partial charge on any atom is -0.393 e. The Balaban J connectivity index is 0.000000150. The van der Waals surface area contributed by atoms with Crippen LogP contribution in [0, 0.1) is 157 Å². The maximum absolute atomic E-state index is 12.7. The highest BCUT2D eigenvalue weighted by molar-refractivity contribution is 7.90. The summed E-state index contributed by atoms with van der Waals surface area (Å²) in [6.07, 6.45) is 28.9.